The fourth-order valence-electron chi connectivity index (χ4n) is 5.21. The Morgan fingerprint density at radius 2 is 1.95 bits per heavy atom. The fraction of sp³-hybridized carbons (Fsp3) is 0.345. The maximum absolute atomic E-state index is 14.1. The van der Waals surface area contributed by atoms with Crippen molar-refractivity contribution in [2.45, 2.75) is 19.9 Å². The molecule has 11 nitrogen and oxygen atoms in total. The Bertz CT molecular complexity index is 1770. The molecule has 3 heterocycles. The number of hydrogen-bond donors (Lipinski definition) is 0. The molecule has 0 aliphatic carbocycles. The number of halogens is 1. The molecule has 42 heavy (non-hydrogen) atoms. The summed E-state index contributed by atoms with van der Waals surface area (Å²) in [4.78, 5) is 48.0. The van der Waals surface area contributed by atoms with Gasteiger partial charge < -0.3 is 19.3 Å². The van der Waals surface area contributed by atoms with Crippen molar-refractivity contribution in [1.82, 2.24) is 9.47 Å². The minimum atomic E-state index is -0.799. The number of nitro groups is 1. The molecule has 2 aliphatic heterocycles. The van der Waals surface area contributed by atoms with Crippen molar-refractivity contribution >= 4 is 50.7 Å². The molecule has 0 saturated carbocycles. The van der Waals surface area contributed by atoms with Crippen molar-refractivity contribution in [2.24, 2.45) is 4.99 Å². The molecule has 1 saturated heterocycles. The van der Waals surface area contributed by atoms with Crippen LogP contribution in [0.2, 0.25) is 0 Å². The van der Waals surface area contributed by atoms with Crippen molar-refractivity contribution in [3.05, 3.63) is 93.1 Å². The number of benzene rings is 2. The minimum absolute atomic E-state index is 0.0618. The standard InChI is InChI=1S/C29H30BrN5O6S/c1-5-41-28(37)25-17(2)31-29-34(26(25)18-6-9-23(40-4)21(30)15-18)27(36)24(42-29)16-19-14-20(35(38)39)7-8-22(19)33-12-10-32(3)11-13-33/h6-9,14-16,26H,5,10-13H2,1-4H3/b24-16-/t26-/m0/s1. The van der Waals surface area contributed by atoms with Gasteiger partial charge in [-0.3, -0.25) is 19.5 Å². The highest BCUT2D eigenvalue weighted by molar-refractivity contribution is 9.10. The molecular formula is C29H30BrN5O6S. The first-order valence-corrected chi connectivity index (χ1v) is 15.0. The largest absolute Gasteiger partial charge is 0.496 e. The highest BCUT2D eigenvalue weighted by Gasteiger charge is 2.34. The van der Waals surface area contributed by atoms with Crippen LogP contribution in [0.4, 0.5) is 11.4 Å². The zero-order valence-corrected chi connectivity index (χ0v) is 26.0. The number of thiazole rings is 1. The Labute approximate surface area is 254 Å². The van der Waals surface area contributed by atoms with Gasteiger partial charge in [0, 0.05) is 49.6 Å². The summed E-state index contributed by atoms with van der Waals surface area (Å²) in [6.07, 6.45) is 1.69. The van der Waals surface area contributed by atoms with Crippen LogP contribution in [0.5, 0.6) is 5.75 Å². The molecule has 3 aromatic rings. The normalized spacial score (nSPS) is 17.6. The number of ether oxygens (including phenoxy) is 2. The first-order chi connectivity index (χ1) is 20.1. The molecule has 0 spiro atoms. The van der Waals surface area contributed by atoms with Crippen LogP contribution in [0.3, 0.4) is 0 Å². The number of fused-ring (bicyclic) bond motifs is 1. The molecule has 220 valence electrons. The van der Waals surface area contributed by atoms with Gasteiger partial charge in [0.1, 0.15) is 5.75 Å². The average molecular weight is 657 g/mol. The lowest BCUT2D eigenvalue weighted by atomic mass is 9.96. The van der Waals surface area contributed by atoms with Gasteiger partial charge in [-0.1, -0.05) is 17.4 Å². The Hall–Kier alpha value is -3.81. The first-order valence-electron chi connectivity index (χ1n) is 13.4. The summed E-state index contributed by atoms with van der Waals surface area (Å²) in [6.45, 7) is 6.83. The summed E-state index contributed by atoms with van der Waals surface area (Å²) in [6, 6.07) is 9.31. The van der Waals surface area contributed by atoms with Crippen LogP contribution in [0.1, 0.15) is 31.0 Å². The molecular weight excluding hydrogens is 626 g/mol. The number of anilines is 1. The molecule has 0 amide bonds. The molecule has 1 fully saturated rings. The van der Waals surface area contributed by atoms with Crippen molar-refractivity contribution in [1.29, 1.82) is 0 Å². The number of carbonyl (C=O) groups is 1. The quantitative estimate of drug-likeness (QED) is 0.216. The number of piperazine rings is 1. The highest BCUT2D eigenvalue weighted by Crippen LogP contribution is 2.35. The van der Waals surface area contributed by atoms with Crippen molar-refractivity contribution in [3.63, 3.8) is 0 Å². The van der Waals surface area contributed by atoms with E-state index in [0.29, 0.717) is 36.4 Å². The number of nitrogens with zero attached hydrogens (tertiary/aromatic N) is 5. The zero-order valence-electron chi connectivity index (χ0n) is 23.6. The second-order valence-electron chi connectivity index (χ2n) is 9.99. The molecule has 0 bridgehead atoms. The molecule has 5 rings (SSSR count). The fourth-order valence-corrected chi connectivity index (χ4v) is 6.80. The molecule has 13 heteroatoms. The molecule has 2 aliphatic rings. The number of nitro benzene ring substituents is 1. The van der Waals surface area contributed by atoms with Gasteiger partial charge in [0.05, 0.1) is 45.0 Å². The van der Waals surface area contributed by atoms with E-state index in [4.69, 9.17) is 9.47 Å². The van der Waals surface area contributed by atoms with Gasteiger partial charge in [0.2, 0.25) is 0 Å². The Balaban J connectivity index is 1.71. The van der Waals surface area contributed by atoms with Crippen molar-refractivity contribution < 1.29 is 19.2 Å². The molecule has 0 N–H and O–H groups in total. The number of aromatic nitrogens is 1. The third-order valence-electron chi connectivity index (χ3n) is 7.36. The van der Waals surface area contributed by atoms with E-state index in [-0.39, 0.29) is 23.4 Å². The van der Waals surface area contributed by atoms with Crippen LogP contribution in [-0.2, 0) is 9.53 Å². The molecule has 2 aromatic carbocycles. The molecule has 1 aromatic heterocycles. The third kappa shape index (κ3) is 5.63. The second kappa shape index (κ2) is 12.2. The Morgan fingerprint density at radius 3 is 2.60 bits per heavy atom. The predicted molar refractivity (Wildman–Crippen MR) is 164 cm³/mol. The third-order valence-corrected chi connectivity index (χ3v) is 8.96. The van der Waals surface area contributed by atoms with Gasteiger partial charge in [-0.05, 0) is 66.7 Å². The molecule has 1 atom stereocenters. The van der Waals surface area contributed by atoms with Gasteiger partial charge in [-0.15, -0.1) is 0 Å². The average Bonchev–Trinajstić information content (AvgIpc) is 3.26. The summed E-state index contributed by atoms with van der Waals surface area (Å²) < 4.78 is 13.3. The number of carbonyl (C=O) groups excluding carboxylic acids is 1. The first kappa shape index (κ1) is 29.7. The molecule has 0 radical (unpaired) electrons. The van der Waals surface area contributed by atoms with Crippen LogP contribution in [0.15, 0.2) is 61.9 Å². The van der Waals surface area contributed by atoms with E-state index >= 15 is 0 Å². The highest BCUT2D eigenvalue weighted by atomic mass is 79.9. The summed E-state index contributed by atoms with van der Waals surface area (Å²) in [5.74, 6) is 0.0488. The van der Waals surface area contributed by atoms with E-state index in [1.54, 1.807) is 45.2 Å². The number of likely N-dealkylation sites (N-methyl/N-ethyl adjacent to an activating group) is 1. The van der Waals surface area contributed by atoms with Crippen LogP contribution in [0.25, 0.3) is 6.08 Å². The number of non-ortho nitro benzene ring substituents is 1. The Morgan fingerprint density at radius 1 is 1.21 bits per heavy atom. The Kier molecular flexibility index (Phi) is 8.62. The maximum Gasteiger partial charge on any atom is 0.338 e. The van der Waals surface area contributed by atoms with Crippen LogP contribution in [-0.4, -0.2) is 67.3 Å². The van der Waals surface area contributed by atoms with E-state index in [1.807, 2.05) is 6.07 Å². The van der Waals surface area contributed by atoms with E-state index in [0.717, 1.165) is 31.9 Å². The summed E-state index contributed by atoms with van der Waals surface area (Å²) in [7, 11) is 3.61. The van der Waals surface area contributed by atoms with E-state index in [9.17, 15) is 19.7 Å². The zero-order chi connectivity index (χ0) is 30.1. The molecule has 0 unspecified atom stereocenters. The number of methoxy groups -OCH3 is 1. The van der Waals surface area contributed by atoms with E-state index < -0.39 is 16.9 Å². The van der Waals surface area contributed by atoms with Gasteiger partial charge in [-0.2, -0.15) is 0 Å². The lowest BCUT2D eigenvalue weighted by Crippen LogP contribution is -2.44. The number of esters is 1. The number of allylic oxidation sites excluding steroid dienone is 1. The number of rotatable bonds is 7. The van der Waals surface area contributed by atoms with Gasteiger partial charge in [0.15, 0.2) is 4.80 Å². The topological polar surface area (TPSA) is 120 Å². The second-order valence-corrected chi connectivity index (χ2v) is 11.9. The maximum atomic E-state index is 14.1. The number of hydrogen-bond acceptors (Lipinski definition) is 10. The summed E-state index contributed by atoms with van der Waals surface area (Å²) >= 11 is 4.70. The van der Waals surface area contributed by atoms with Gasteiger partial charge in [-0.25, -0.2) is 9.79 Å². The van der Waals surface area contributed by atoms with Crippen LogP contribution >= 0.6 is 27.3 Å². The summed E-state index contributed by atoms with van der Waals surface area (Å²) in [5.41, 5.74) is 2.35. The minimum Gasteiger partial charge on any atom is -0.496 e. The monoisotopic (exact) mass is 655 g/mol. The van der Waals surface area contributed by atoms with Crippen molar-refractivity contribution in [2.75, 3.05) is 51.8 Å². The lowest BCUT2D eigenvalue weighted by molar-refractivity contribution is -0.384. The lowest BCUT2D eigenvalue weighted by Gasteiger charge is -2.34. The smallest absolute Gasteiger partial charge is 0.338 e. The van der Waals surface area contributed by atoms with E-state index in [1.165, 1.54) is 28.0 Å². The van der Waals surface area contributed by atoms with E-state index in [2.05, 4.69) is 37.8 Å². The van der Waals surface area contributed by atoms with Gasteiger partial charge >= 0.3 is 5.97 Å². The van der Waals surface area contributed by atoms with Crippen molar-refractivity contribution in [3.8, 4) is 5.75 Å². The van der Waals surface area contributed by atoms with Gasteiger partial charge in [0.25, 0.3) is 11.2 Å². The SMILES string of the molecule is CCOC(=O)C1=C(C)N=c2s/c(=C\c3cc([N+](=O)[O-])ccc3N3CCN(C)CC3)c(=O)n2[C@H]1c1ccc(OC)c(Br)c1. The summed E-state index contributed by atoms with van der Waals surface area (Å²) in [5, 5.41) is 11.7. The van der Waals surface area contributed by atoms with Crippen LogP contribution < -0.4 is 24.5 Å². The predicted octanol–water partition coefficient (Wildman–Crippen LogP) is 3.23. The van der Waals surface area contributed by atoms with Crippen LogP contribution in [0, 0.1) is 10.1 Å².